The van der Waals surface area contributed by atoms with Crippen LogP contribution in [0.4, 0.5) is 13.2 Å². The normalized spacial score (nSPS) is 12.9. The fourth-order valence-corrected chi connectivity index (χ4v) is 5.51. The van der Waals surface area contributed by atoms with Crippen LogP contribution in [-0.4, -0.2) is 17.4 Å². The Balaban J connectivity index is 2.39. The Hall–Kier alpha value is -1.39. The van der Waals surface area contributed by atoms with Crippen LogP contribution in [0.25, 0.3) is 11.0 Å². The molecule has 116 valence electrons. The second-order valence-corrected chi connectivity index (χ2v) is 8.73. The summed E-state index contributed by atoms with van der Waals surface area (Å²) in [5.41, 5.74) is -0.145. The third kappa shape index (κ3) is 2.44. The van der Waals surface area contributed by atoms with E-state index in [1.54, 1.807) is 0 Å². The van der Waals surface area contributed by atoms with Crippen LogP contribution in [0.2, 0.25) is 0 Å². The van der Waals surface area contributed by atoms with Crippen LogP contribution in [0.1, 0.15) is 5.82 Å². The van der Waals surface area contributed by atoms with Crippen LogP contribution >= 0.6 is 27.3 Å². The molecule has 0 N–H and O–H groups in total. The van der Waals surface area contributed by atoms with Crippen molar-refractivity contribution < 1.29 is 21.6 Å². The molecular formula is C12H6BrF3N2O2S2. The van der Waals surface area contributed by atoms with Gasteiger partial charge in [0.2, 0.25) is 5.82 Å². The number of benzene rings is 1. The van der Waals surface area contributed by atoms with Gasteiger partial charge < -0.3 is 0 Å². The highest BCUT2D eigenvalue weighted by atomic mass is 79.9. The summed E-state index contributed by atoms with van der Waals surface area (Å²) in [6.45, 7) is 0. The van der Waals surface area contributed by atoms with Crippen LogP contribution in [0.15, 0.2) is 44.4 Å². The molecule has 2 heterocycles. The highest BCUT2D eigenvalue weighted by Crippen LogP contribution is 2.36. The molecular weight excluding hydrogens is 405 g/mol. The van der Waals surface area contributed by atoms with Crippen molar-refractivity contribution in [3.63, 3.8) is 0 Å². The Morgan fingerprint density at radius 3 is 2.41 bits per heavy atom. The zero-order valence-electron chi connectivity index (χ0n) is 10.5. The molecule has 0 spiro atoms. The van der Waals surface area contributed by atoms with Crippen LogP contribution in [-0.2, 0) is 16.2 Å². The summed E-state index contributed by atoms with van der Waals surface area (Å²) < 4.78 is 65.3. The van der Waals surface area contributed by atoms with Crippen molar-refractivity contribution in [1.82, 2.24) is 8.96 Å². The van der Waals surface area contributed by atoms with Crippen molar-refractivity contribution in [2.75, 3.05) is 0 Å². The molecule has 1 aromatic carbocycles. The average molecular weight is 411 g/mol. The number of alkyl halides is 3. The van der Waals surface area contributed by atoms with Gasteiger partial charge in [-0.1, -0.05) is 12.1 Å². The van der Waals surface area contributed by atoms with E-state index in [-0.39, 0.29) is 19.2 Å². The van der Waals surface area contributed by atoms with Gasteiger partial charge in [0.05, 0.1) is 14.8 Å². The van der Waals surface area contributed by atoms with E-state index in [2.05, 4.69) is 20.9 Å². The lowest BCUT2D eigenvalue weighted by Crippen LogP contribution is -2.21. The van der Waals surface area contributed by atoms with Gasteiger partial charge in [-0.25, -0.2) is 8.96 Å². The largest absolute Gasteiger partial charge is 0.450 e. The SMILES string of the molecule is O=S(=O)(c1ccc(Br)s1)n1c(C(F)(F)F)nc2ccccc21. The molecule has 3 aromatic rings. The molecule has 0 saturated carbocycles. The number of para-hydroxylation sites is 2. The fraction of sp³-hybridized carbons (Fsp3) is 0.0833. The second-order valence-electron chi connectivity index (χ2n) is 4.25. The minimum atomic E-state index is -4.89. The predicted molar refractivity (Wildman–Crippen MR) is 79.3 cm³/mol. The number of rotatable bonds is 2. The molecule has 0 bridgehead atoms. The van der Waals surface area contributed by atoms with Crippen molar-refractivity contribution in [2.45, 2.75) is 10.4 Å². The van der Waals surface area contributed by atoms with Gasteiger partial charge in [0.25, 0.3) is 10.0 Å². The number of imidazole rings is 1. The molecule has 0 saturated heterocycles. The third-order valence-electron chi connectivity index (χ3n) is 2.82. The summed E-state index contributed by atoms with van der Waals surface area (Å²) >= 11 is 3.94. The first kappa shape index (κ1) is 15.5. The molecule has 0 atom stereocenters. The van der Waals surface area contributed by atoms with Crippen molar-refractivity contribution >= 4 is 48.3 Å². The van der Waals surface area contributed by atoms with E-state index in [0.29, 0.717) is 3.79 Å². The number of fused-ring (bicyclic) bond motifs is 1. The van der Waals surface area contributed by atoms with Gasteiger partial charge in [-0.05, 0) is 40.2 Å². The lowest BCUT2D eigenvalue weighted by Gasteiger charge is -2.10. The summed E-state index contributed by atoms with van der Waals surface area (Å²) in [4.78, 5) is 3.43. The maximum atomic E-state index is 13.2. The first-order chi connectivity index (χ1) is 10.2. The van der Waals surface area contributed by atoms with E-state index in [9.17, 15) is 21.6 Å². The molecule has 0 fully saturated rings. The average Bonchev–Trinajstić information content (AvgIpc) is 3.01. The van der Waals surface area contributed by atoms with E-state index in [1.165, 1.54) is 36.4 Å². The monoisotopic (exact) mass is 410 g/mol. The Morgan fingerprint density at radius 1 is 1.14 bits per heavy atom. The molecule has 10 heteroatoms. The van der Waals surface area contributed by atoms with E-state index >= 15 is 0 Å². The lowest BCUT2D eigenvalue weighted by atomic mass is 10.3. The maximum Gasteiger partial charge on any atom is 0.450 e. The standard InChI is InChI=1S/C12H6BrF3N2O2S2/c13-9-5-6-10(21-9)22(19,20)18-8-4-2-1-3-7(8)17-11(18)12(14,15)16/h1-6H. The molecule has 0 aliphatic heterocycles. The quantitative estimate of drug-likeness (QED) is 0.638. The third-order valence-corrected chi connectivity index (χ3v) is 6.61. The maximum absolute atomic E-state index is 13.2. The first-order valence-corrected chi connectivity index (χ1v) is 8.82. The molecule has 0 unspecified atom stereocenters. The van der Waals surface area contributed by atoms with Crippen LogP contribution in [0, 0.1) is 0 Å². The highest BCUT2D eigenvalue weighted by molar-refractivity contribution is 9.11. The van der Waals surface area contributed by atoms with Gasteiger partial charge in [0, 0.05) is 0 Å². The number of hydrogen-bond acceptors (Lipinski definition) is 4. The van der Waals surface area contributed by atoms with Crippen LogP contribution in [0.5, 0.6) is 0 Å². The number of halogens is 4. The highest BCUT2D eigenvalue weighted by Gasteiger charge is 2.41. The van der Waals surface area contributed by atoms with Crippen molar-refractivity contribution in [3.8, 4) is 0 Å². The molecule has 0 amide bonds. The molecule has 4 nitrogen and oxygen atoms in total. The van der Waals surface area contributed by atoms with Crippen molar-refractivity contribution in [3.05, 3.63) is 46.0 Å². The van der Waals surface area contributed by atoms with Gasteiger partial charge in [-0.2, -0.15) is 21.6 Å². The number of hydrogen-bond donors (Lipinski definition) is 0. The van der Waals surface area contributed by atoms with E-state index in [0.717, 1.165) is 11.3 Å². The first-order valence-electron chi connectivity index (χ1n) is 5.77. The summed E-state index contributed by atoms with van der Waals surface area (Å²) in [6.07, 6.45) is -4.89. The molecule has 22 heavy (non-hydrogen) atoms. The Bertz CT molecular complexity index is 960. The van der Waals surface area contributed by atoms with Crippen molar-refractivity contribution in [2.24, 2.45) is 0 Å². The Kier molecular flexibility index (Phi) is 3.57. The zero-order chi connectivity index (χ0) is 16.1. The van der Waals surface area contributed by atoms with E-state index in [4.69, 9.17) is 0 Å². The zero-order valence-corrected chi connectivity index (χ0v) is 13.7. The minimum absolute atomic E-state index is 0.0333. The summed E-state index contributed by atoms with van der Waals surface area (Å²) in [5.74, 6) is -1.46. The molecule has 2 aromatic heterocycles. The van der Waals surface area contributed by atoms with Gasteiger partial charge in [-0.3, -0.25) is 0 Å². The molecule has 3 rings (SSSR count). The fourth-order valence-electron chi connectivity index (χ4n) is 1.95. The number of aromatic nitrogens is 2. The number of nitrogens with zero attached hydrogens (tertiary/aromatic N) is 2. The Morgan fingerprint density at radius 2 is 1.82 bits per heavy atom. The lowest BCUT2D eigenvalue weighted by molar-refractivity contribution is -0.145. The summed E-state index contributed by atoms with van der Waals surface area (Å²) in [6, 6.07) is 8.29. The Labute approximate surface area is 135 Å². The van der Waals surface area contributed by atoms with Crippen LogP contribution < -0.4 is 0 Å². The summed E-state index contributed by atoms with van der Waals surface area (Å²) in [5, 5.41) is 0. The van der Waals surface area contributed by atoms with Crippen molar-refractivity contribution in [1.29, 1.82) is 0 Å². The number of thiophene rings is 1. The van der Waals surface area contributed by atoms with Gasteiger partial charge in [0.15, 0.2) is 0 Å². The molecule has 0 radical (unpaired) electrons. The second kappa shape index (κ2) is 5.07. The predicted octanol–water partition coefficient (Wildman–Crippen LogP) is 4.12. The topological polar surface area (TPSA) is 52.0 Å². The van der Waals surface area contributed by atoms with Gasteiger partial charge in [-0.15, -0.1) is 11.3 Å². The van der Waals surface area contributed by atoms with E-state index < -0.39 is 22.0 Å². The smallest absolute Gasteiger partial charge is 0.223 e. The summed E-state index contributed by atoms with van der Waals surface area (Å²) in [7, 11) is -4.39. The minimum Gasteiger partial charge on any atom is -0.223 e. The van der Waals surface area contributed by atoms with Gasteiger partial charge >= 0.3 is 6.18 Å². The van der Waals surface area contributed by atoms with E-state index in [1.807, 2.05) is 0 Å². The molecule has 0 aliphatic rings. The van der Waals surface area contributed by atoms with Gasteiger partial charge in [0.1, 0.15) is 4.21 Å². The molecule has 0 aliphatic carbocycles. The van der Waals surface area contributed by atoms with Crippen LogP contribution in [0.3, 0.4) is 0 Å².